The number of benzene rings is 1. The smallest absolute Gasteiger partial charge is 0.0348 e. The zero-order chi connectivity index (χ0) is 11.4. The SMILES string of the molecule is Cc1ccc(C2CCCN2CCCN)cc1.Cl.Cl. The highest BCUT2D eigenvalue weighted by atomic mass is 35.5. The van der Waals surface area contributed by atoms with Gasteiger partial charge in [-0.3, -0.25) is 4.90 Å². The lowest BCUT2D eigenvalue weighted by atomic mass is 10.0. The van der Waals surface area contributed by atoms with Crippen LogP contribution in [0.25, 0.3) is 0 Å². The topological polar surface area (TPSA) is 29.3 Å². The van der Waals surface area contributed by atoms with E-state index < -0.39 is 0 Å². The standard InChI is InChI=1S/C14H22N2.2ClH/c1-12-5-7-13(8-6-12)14-4-2-10-16(14)11-3-9-15;;/h5-8,14H,2-4,9-11,15H2,1H3;2*1H. The Morgan fingerprint density at radius 3 is 2.50 bits per heavy atom. The first-order valence-electron chi connectivity index (χ1n) is 6.32. The average molecular weight is 291 g/mol. The van der Waals surface area contributed by atoms with Gasteiger partial charge in [0.1, 0.15) is 0 Å². The van der Waals surface area contributed by atoms with Gasteiger partial charge in [0.25, 0.3) is 0 Å². The summed E-state index contributed by atoms with van der Waals surface area (Å²) in [7, 11) is 0. The van der Waals surface area contributed by atoms with Gasteiger partial charge in [-0.1, -0.05) is 29.8 Å². The third-order valence-corrected chi connectivity index (χ3v) is 3.48. The van der Waals surface area contributed by atoms with Crippen LogP contribution in [0.3, 0.4) is 0 Å². The number of nitrogens with zero attached hydrogens (tertiary/aromatic N) is 1. The molecular weight excluding hydrogens is 267 g/mol. The first-order chi connectivity index (χ1) is 7.81. The lowest BCUT2D eigenvalue weighted by molar-refractivity contribution is 0.255. The van der Waals surface area contributed by atoms with Crippen LogP contribution in [0.5, 0.6) is 0 Å². The number of likely N-dealkylation sites (tertiary alicyclic amines) is 1. The maximum absolute atomic E-state index is 5.58. The van der Waals surface area contributed by atoms with Crippen LogP contribution in [-0.4, -0.2) is 24.5 Å². The van der Waals surface area contributed by atoms with Crippen LogP contribution in [0.1, 0.15) is 36.4 Å². The first-order valence-corrected chi connectivity index (χ1v) is 6.32. The van der Waals surface area contributed by atoms with Gasteiger partial charge in [0.05, 0.1) is 0 Å². The third-order valence-electron chi connectivity index (χ3n) is 3.48. The van der Waals surface area contributed by atoms with Gasteiger partial charge < -0.3 is 5.73 Å². The molecule has 1 saturated heterocycles. The molecule has 1 atom stereocenters. The van der Waals surface area contributed by atoms with E-state index in [0.29, 0.717) is 6.04 Å². The molecule has 1 heterocycles. The van der Waals surface area contributed by atoms with Crippen molar-refractivity contribution in [2.75, 3.05) is 19.6 Å². The molecule has 1 unspecified atom stereocenters. The summed E-state index contributed by atoms with van der Waals surface area (Å²) in [6.45, 7) is 5.33. The molecule has 18 heavy (non-hydrogen) atoms. The quantitative estimate of drug-likeness (QED) is 0.922. The van der Waals surface area contributed by atoms with E-state index in [0.717, 1.165) is 19.5 Å². The maximum atomic E-state index is 5.58. The van der Waals surface area contributed by atoms with Crippen molar-refractivity contribution < 1.29 is 0 Å². The summed E-state index contributed by atoms with van der Waals surface area (Å²) >= 11 is 0. The third kappa shape index (κ3) is 4.43. The summed E-state index contributed by atoms with van der Waals surface area (Å²) in [6.07, 6.45) is 3.74. The van der Waals surface area contributed by atoms with Gasteiger partial charge in [-0.2, -0.15) is 0 Å². The van der Waals surface area contributed by atoms with Crippen LogP contribution in [-0.2, 0) is 0 Å². The second-order valence-electron chi connectivity index (χ2n) is 4.75. The maximum Gasteiger partial charge on any atom is 0.0348 e. The monoisotopic (exact) mass is 290 g/mol. The Hall–Kier alpha value is -0.280. The van der Waals surface area contributed by atoms with Crippen LogP contribution in [0.2, 0.25) is 0 Å². The number of aryl methyl sites for hydroxylation is 1. The highest BCUT2D eigenvalue weighted by Crippen LogP contribution is 2.31. The molecule has 1 aliphatic heterocycles. The minimum Gasteiger partial charge on any atom is -0.330 e. The summed E-state index contributed by atoms with van der Waals surface area (Å²) in [6, 6.07) is 9.62. The number of nitrogens with two attached hydrogens (primary N) is 1. The Labute approximate surface area is 123 Å². The van der Waals surface area contributed by atoms with E-state index in [9.17, 15) is 0 Å². The fourth-order valence-corrected chi connectivity index (χ4v) is 2.55. The molecule has 0 radical (unpaired) electrons. The van der Waals surface area contributed by atoms with Gasteiger partial charge in [-0.15, -0.1) is 24.8 Å². The molecule has 0 aliphatic carbocycles. The average Bonchev–Trinajstić information content (AvgIpc) is 2.75. The fraction of sp³-hybridized carbons (Fsp3) is 0.571. The minimum atomic E-state index is 0. The van der Waals surface area contributed by atoms with Crippen LogP contribution in [0, 0.1) is 6.92 Å². The largest absolute Gasteiger partial charge is 0.330 e. The Bertz CT molecular complexity index is 327. The fourth-order valence-electron chi connectivity index (χ4n) is 2.55. The van der Waals surface area contributed by atoms with E-state index in [-0.39, 0.29) is 24.8 Å². The van der Waals surface area contributed by atoms with E-state index in [2.05, 4.69) is 36.1 Å². The molecule has 104 valence electrons. The summed E-state index contributed by atoms with van der Waals surface area (Å²) in [5, 5.41) is 0. The van der Waals surface area contributed by atoms with Crippen molar-refractivity contribution in [3.05, 3.63) is 35.4 Å². The van der Waals surface area contributed by atoms with Crippen LogP contribution < -0.4 is 5.73 Å². The second kappa shape index (κ2) is 8.76. The van der Waals surface area contributed by atoms with E-state index >= 15 is 0 Å². The predicted molar refractivity (Wildman–Crippen MR) is 82.9 cm³/mol. The van der Waals surface area contributed by atoms with Crippen LogP contribution >= 0.6 is 24.8 Å². The molecule has 1 aromatic carbocycles. The van der Waals surface area contributed by atoms with Gasteiger partial charge in [0, 0.05) is 6.04 Å². The lowest BCUT2D eigenvalue weighted by Gasteiger charge is -2.24. The molecule has 0 saturated carbocycles. The summed E-state index contributed by atoms with van der Waals surface area (Å²) < 4.78 is 0. The number of rotatable bonds is 4. The van der Waals surface area contributed by atoms with Crippen molar-refractivity contribution in [1.82, 2.24) is 4.90 Å². The molecule has 0 aromatic heterocycles. The van der Waals surface area contributed by atoms with Gasteiger partial charge in [-0.05, 0) is 51.4 Å². The molecule has 1 aromatic rings. The number of hydrogen-bond acceptors (Lipinski definition) is 2. The first kappa shape index (κ1) is 17.7. The molecular formula is C14H24Cl2N2. The Balaban J connectivity index is 0.00000144. The molecule has 2 nitrogen and oxygen atoms in total. The van der Waals surface area contributed by atoms with E-state index in [1.165, 1.54) is 30.5 Å². The molecule has 1 aliphatic rings. The summed E-state index contributed by atoms with van der Waals surface area (Å²) in [5.41, 5.74) is 8.40. The number of halogens is 2. The second-order valence-corrected chi connectivity index (χ2v) is 4.75. The van der Waals surface area contributed by atoms with Crippen LogP contribution in [0.4, 0.5) is 0 Å². The molecule has 2 N–H and O–H groups in total. The van der Waals surface area contributed by atoms with E-state index in [1.807, 2.05) is 0 Å². The van der Waals surface area contributed by atoms with E-state index in [4.69, 9.17) is 5.73 Å². The Morgan fingerprint density at radius 1 is 1.22 bits per heavy atom. The van der Waals surface area contributed by atoms with Gasteiger partial charge in [-0.25, -0.2) is 0 Å². The lowest BCUT2D eigenvalue weighted by Crippen LogP contribution is -2.25. The molecule has 1 fully saturated rings. The van der Waals surface area contributed by atoms with Crippen molar-refractivity contribution in [3.8, 4) is 0 Å². The predicted octanol–water partition coefficient (Wildman–Crippen LogP) is 3.32. The molecule has 0 amide bonds. The zero-order valence-corrected chi connectivity index (χ0v) is 12.6. The normalized spacial score (nSPS) is 19.1. The Morgan fingerprint density at radius 2 is 1.89 bits per heavy atom. The molecule has 0 spiro atoms. The highest BCUT2D eigenvalue weighted by molar-refractivity contribution is 5.85. The van der Waals surface area contributed by atoms with Crippen molar-refractivity contribution in [1.29, 1.82) is 0 Å². The minimum absolute atomic E-state index is 0. The number of hydrogen-bond donors (Lipinski definition) is 1. The van der Waals surface area contributed by atoms with Gasteiger partial charge in [0.2, 0.25) is 0 Å². The molecule has 2 rings (SSSR count). The van der Waals surface area contributed by atoms with Crippen molar-refractivity contribution in [3.63, 3.8) is 0 Å². The van der Waals surface area contributed by atoms with Crippen molar-refractivity contribution >= 4 is 24.8 Å². The Kier molecular flexibility index (Phi) is 8.62. The van der Waals surface area contributed by atoms with Crippen molar-refractivity contribution in [2.24, 2.45) is 5.73 Å². The highest BCUT2D eigenvalue weighted by Gasteiger charge is 2.24. The van der Waals surface area contributed by atoms with Crippen molar-refractivity contribution in [2.45, 2.75) is 32.2 Å². The molecule has 0 bridgehead atoms. The van der Waals surface area contributed by atoms with Gasteiger partial charge in [0.15, 0.2) is 0 Å². The van der Waals surface area contributed by atoms with Crippen LogP contribution in [0.15, 0.2) is 24.3 Å². The van der Waals surface area contributed by atoms with Gasteiger partial charge >= 0.3 is 0 Å². The van der Waals surface area contributed by atoms with E-state index in [1.54, 1.807) is 0 Å². The summed E-state index contributed by atoms with van der Waals surface area (Å²) in [5.74, 6) is 0. The molecule has 4 heteroatoms. The zero-order valence-electron chi connectivity index (χ0n) is 11.0. The summed E-state index contributed by atoms with van der Waals surface area (Å²) in [4.78, 5) is 2.58.